The summed E-state index contributed by atoms with van der Waals surface area (Å²) < 4.78 is 0. The number of likely N-dealkylation sites (tertiary alicyclic amines) is 1. The quantitative estimate of drug-likeness (QED) is 0.931. The Bertz CT molecular complexity index is 726. The van der Waals surface area contributed by atoms with E-state index >= 15 is 0 Å². The van der Waals surface area contributed by atoms with Crippen molar-refractivity contribution >= 4 is 22.6 Å². The number of carbonyl (C=O) groups excluding carboxylic acids is 1. The summed E-state index contributed by atoms with van der Waals surface area (Å²) in [5.41, 5.74) is 2.43. The van der Waals surface area contributed by atoms with E-state index in [0.29, 0.717) is 5.92 Å². The predicted octanol–water partition coefficient (Wildman–Crippen LogP) is 3.52. The van der Waals surface area contributed by atoms with Crippen LogP contribution in [-0.2, 0) is 4.79 Å². The summed E-state index contributed by atoms with van der Waals surface area (Å²) in [6.07, 6.45) is 8.08. The van der Waals surface area contributed by atoms with Crippen LogP contribution in [0.15, 0.2) is 48.8 Å². The van der Waals surface area contributed by atoms with E-state index in [4.69, 9.17) is 0 Å². The lowest BCUT2D eigenvalue weighted by Crippen LogP contribution is -2.42. The van der Waals surface area contributed by atoms with Crippen LogP contribution in [0.3, 0.4) is 0 Å². The Balaban J connectivity index is 1.45. The molecule has 2 aliphatic heterocycles. The summed E-state index contributed by atoms with van der Waals surface area (Å²) in [5.74, 6) is 1.58. The standard InChI is InChI=1S/C19H21N3OS/c23-19(16-9-18(24-13-16)17-10-20-21-11-17)22-8-4-7-15(12-22)14-5-2-1-3-6-14/h1-3,5-6,9-11,15-16H,4,7-8,12-13H2,(H,20,21). The number of amides is 1. The Hall–Kier alpha value is -2.01. The van der Waals surface area contributed by atoms with Crippen molar-refractivity contribution in [3.05, 3.63) is 59.9 Å². The number of hydrogen-bond donors (Lipinski definition) is 1. The molecule has 3 heterocycles. The van der Waals surface area contributed by atoms with Crippen LogP contribution in [0.1, 0.15) is 29.9 Å². The minimum absolute atomic E-state index is 0.00516. The third-order valence-corrected chi connectivity index (χ3v) is 6.08. The molecule has 0 bridgehead atoms. The van der Waals surface area contributed by atoms with Crippen molar-refractivity contribution in [3.63, 3.8) is 0 Å². The van der Waals surface area contributed by atoms with E-state index in [2.05, 4.69) is 45.4 Å². The number of rotatable bonds is 3. The third-order valence-electron chi connectivity index (χ3n) is 4.87. The van der Waals surface area contributed by atoms with Crippen LogP contribution in [0.4, 0.5) is 0 Å². The van der Waals surface area contributed by atoms with Crippen molar-refractivity contribution in [1.29, 1.82) is 0 Å². The number of piperidine rings is 1. The summed E-state index contributed by atoms with van der Waals surface area (Å²) in [7, 11) is 0. The van der Waals surface area contributed by atoms with Crippen LogP contribution in [0, 0.1) is 5.92 Å². The second-order valence-corrected chi connectivity index (χ2v) is 7.53. The highest BCUT2D eigenvalue weighted by Gasteiger charge is 2.31. The molecule has 5 heteroatoms. The molecule has 24 heavy (non-hydrogen) atoms. The first-order valence-corrected chi connectivity index (χ1v) is 9.47. The van der Waals surface area contributed by atoms with Gasteiger partial charge in [0.2, 0.25) is 5.91 Å². The highest BCUT2D eigenvalue weighted by Crippen LogP contribution is 2.38. The molecule has 4 nitrogen and oxygen atoms in total. The molecule has 0 aliphatic carbocycles. The molecular weight excluding hydrogens is 318 g/mol. The van der Waals surface area contributed by atoms with Gasteiger partial charge in [-0.3, -0.25) is 9.89 Å². The fourth-order valence-electron chi connectivity index (χ4n) is 3.58. The van der Waals surface area contributed by atoms with E-state index in [0.717, 1.165) is 30.8 Å². The maximum atomic E-state index is 12.9. The molecule has 1 aromatic carbocycles. The monoisotopic (exact) mass is 339 g/mol. The number of benzene rings is 1. The zero-order valence-electron chi connectivity index (χ0n) is 13.5. The van der Waals surface area contributed by atoms with Crippen LogP contribution in [-0.4, -0.2) is 39.8 Å². The van der Waals surface area contributed by atoms with Gasteiger partial charge < -0.3 is 4.90 Å². The zero-order chi connectivity index (χ0) is 16.4. The Morgan fingerprint density at radius 1 is 1.29 bits per heavy atom. The molecule has 124 valence electrons. The molecule has 0 spiro atoms. The van der Waals surface area contributed by atoms with E-state index < -0.39 is 0 Å². The molecule has 1 fully saturated rings. The predicted molar refractivity (Wildman–Crippen MR) is 97.5 cm³/mol. The van der Waals surface area contributed by atoms with Crippen LogP contribution in [0.25, 0.3) is 4.91 Å². The second-order valence-electron chi connectivity index (χ2n) is 6.47. The van der Waals surface area contributed by atoms with E-state index in [1.165, 1.54) is 16.9 Å². The molecule has 4 rings (SSSR count). The van der Waals surface area contributed by atoms with Crippen molar-refractivity contribution in [1.82, 2.24) is 15.1 Å². The van der Waals surface area contributed by atoms with Crippen molar-refractivity contribution in [2.45, 2.75) is 18.8 Å². The first kappa shape index (κ1) is 15.5. The largest absolute Gasteiger partial charge is 0.342 e. The Labute approximate surface area is 146 Å². The summed E-state index contributed by atoms with van der Waals surface area (Å²) in [6.45, 7) is 1.73. The minimum Gasteiger partial charge on any atom is -0.342 e. The SMILES string of the molecule is O=C(C1C=C(c2cn[nH]c2)SC1)N1CCCC(c2ccccc2)C1. The van der Waals surface area contributed by atoms with Gasteiger partial charge in [-0.05, 0) is 18.4 Å². The molecule has 2 aromatic rings. The highest BCUT2D eigenvalue weighted by atomic mass is 32.2. The van der Waals surface area contributed by atoms with Crippen molar-refractivity contribution in [3.8, 4) is 0 Å². The molecule has 0 saturated carbocycles. The average Bonchev–Trinajstić information content (AvgIpc) is 3.33. The number of hydrogen-bond acceptors (Lipinski definition) is 3. The van der Waals surface area contributed by atoms with Gasteiger partial charge in [-0.15, -0.1) is 11.8 Å². The number of carbonyl (C=O) groups is 1. The van der Waals surface area contributed by atoms with Gasteiger partial charge in [-0.2, -0.15) is 5.10 Å². The molecule has 1 aromatic heterocycles. The molecule has 2 aliphatic rings. The number of aromatic amines is 1. The molecule has 2 atom stereocenters. The molecular formula is C19H21N3OS. The van der Waals surface area contributed by atoms with Crippen LogP contribution >= 0.6 is 11.8 Å². The third kappa shape index (κ3) is 3.13. The van der Waals surface area contributed by atoms with Crippen molar-refractivity contribution in [2.24, 2.45) is 5.92 Å². The number of H-pyrrole nitrogens is 1. The zero-order valence-corrected chi connectivity index (χ0v) is 14.3. The second kappa shape index (κ2) is 6.85. The maximum Gasteiger partial charge on any atom is 0.230 e. The Morgan fingerprint density at radius 3 is 2.96 bits per heavy atom. The highest BCUT2D eigenvalue weighted by molar-refractivity contribution is 8.08. The van der Waals surface area contributed by atoms with Gasteiger partial charge in [0.15, 0.2) is 0 Å². The van der Waals surface area contributed by atoms with E-state index in [-0.39, 0.29) is 11.8 Å². The van der Waals surface area contributed by atoms with Gasteiger partial charge in [0, 0.05) is 41.4 Å². The fourth-order valence-corrected chi connectivity index (χ4v) is 4.71. The first-order valence-electron chi connectivity index (χ1n) is 8.49. The number of thioether (sulfide) groups is 1. The van der Waals surface area contributed by atoms with Crippen LogP contribution in [0.5, 0.6) is 0 Å². The minimum atomic E-state index is -0.00516. The summed E-state index contributed by atoms with van der Waals surface area (Å²) in [5, 5.41) is 6.83. The molecule has 1 amide bonds. The first-order chi connectivity index (χ1) is 11.8. The van der Waals surface area contributed by atoms with Gasteiger partial charge >= 0.3 is 0 Å². The number of nitrogens with one attached hydrogen (secondary N) is 1. The van der Waals surface area contributed by atoms with Crippen LogP contribution < -0.4 is 0 Å². The summed E-state index contributed by atoms with van der Waals surface area (Å²) in [6, 6.07) is 10.6. The lowest BCUT2D eigenvalue weighted by atomic mass is 9.90. The normalized spacial score (nSPS) is 24.0. The smallest absolute Gasteiger partial charge is 0.230 e. The van der Waals surface area contributed by atoms with E-state index in [1.807, 2.05) is 18.5 Å². The number of nitrogens with zero attached hydrogens (tertiary/aromatic N) is 2. The number of aromatic nitrogens is 2. The van der Waals surface area contributed by atoms with Gasteiger partial charge in [0.05, 0.1) is 12.1 Å². The molecule has 1 N–H and O–H groups in total. The lowest BCUT2D eigenvalue weighted by molar-refractivity contribution is -0.134. The van der Waals surface area contributed by atoms with Crippen LogP contribution in [0.2, 0.25) is 0 Å². The van der Waals surface area contributed by atoms with E-state index in [1.54, 1.807) is 11.8 Å². The van der Waals surface area contributed by atoms with Gasteiger partial charge in [0.1, 0.15) is 0 Å². The Morgan fingerprint density at radius 2 is 2.17 bits per heavy atom. The molecule has 0 radical (unpaired) electrons. The molecule has 1 saturated heterocycles. The fraction of sp³-hybridized carbons (Fsp3) is 0.368. The maximum absolute atomic E-state index is 12.9. The van der Waals surface area contributed by atoms with Gasteiger partial charge in [-0.1, -0.05) is 36.4 Å². The average molecular weight is 339 g/mol. The van der Waals surface area contributed by atoms with Gasteiger partial charge in [-0.25, -0.2) is 0 Å². The van der Waals surface area contributed by atoms with Gasteiger partial charge in [0.25, 0.3) is 0 Å². The Kier molecular flexibility index (Phi) is 4.43. The van der Waals surface area contributed by atoms with Crippen molar-refractivity contribution in [2.75, 3.05) is 18.8 Å². The van der Waals surface area contributed by atoms with Crippen molar-refractivity contribution < 1.29 is 4.79 Å². The van der Waals surface area contributed by atoms with E-state index in [9.17, 15) is 4.79 Å². The summed E-state index contributed by atoms with van der Waals surface area (Å²) >= 11 is 1.75. The molecule has 2 unspecified atom stereocenters. The topological polar surface area (TPSA) is 49.0 Å². The summed E-state index contributed by atoms with van der Waals surface area (Å²) in [4.78, 5) is 16.2. The lowest BCUT2D eigenvalue weighted by Gasteiger charge is -2.34.